The third kappa shape index (κ3) is 4.70. The summed E-state index contributed by atoms with van der Waals surface area (Å²) in [4.78, 5) is 41.1. The van der Waals surface area contributed by atoms with E-state index in [1.807, 2.05) is 43.3 Å². The van der Waals surface area contributed by atoms with E-state index >= 15 is 0 Å². The fourth-order valence-corrected chi connectivity index (χ4v) is 12.7. The first kappa shape index (κ1) is 33.4. The maximum atomic E-state index is 14.7. The average Bonchev–Trinajstić information content (AvgIpc) is 2.96. The zero-order valence-electron chi connectivity index (χ0n) is 29.4. The first-order chi connectivity index (χ1) is 21.3. The van der Waals surface area contributed by atoms with Gasteiger partial charge in [0, 0.05) is 17.8 Å². The van der Waals surface area contributed by atoms with Crippen molar-refractivity contribution < 1.29 is 24.6 Å². The van der Waals surface area contributed by atoms with Crippen LogP contribution in [0.4, 0.5) is 0 Å². The van der Waals surface area contributed by atoms with Crippen molar-refractivity contribution in [2.75, 3.05) is 0 Å². The second-order valence-electron chi connectivity index (χ2n) is 18.3. The molecule has 0 saturated heterocycles. The molecule has 4 fully saturated rings. The van der Waals surface area contributed by atoms with Gasteiger partial charge in [-0.1, -0.05) is 91.3 Å². The maximum absolute atomic E-state index is 14.7. The molecule has 46 heavy (non-hydrogen) atoms. The van der Waals surface area contributed by atoms with Crippen LogP contribution in [-0.4, -0.2) is 40.0 Å². The number of ketones is 1. The lowest BCUT2D eigenvalue weighted by Gasteiger charge is -2.70. The number of nitrogens with one attached hydrogen (secondary N) is 1. The van der Waals surface area contributed by atoms with Gasteiger partial charge in [0.2, 0.25) is 5.91 Å². The molecule has 0 aliphatic heterocycles. The second-order valence-corrected chi connectivity index (χ2v) is 18.3. The summed E-state index contributed by atoms with van der Waals surface area (Å²) >= 11 is 0. The Hall–Kier alpha value is -2.47. The molecule has 5 aliphatic carbocycles. The van der Waals surface area contributed by atoms with Gasteiger partial charge in [0.15, 0.2) is 5.78 Å². The van der Waals surface area contributed by atoms with Gasteiger partial charge < -0.3 is 15.5 Å². The fraction of sp³-hybridized carbons (Fsp3) is 0.725. The van der Waals surface area contributed by atoms with Gasteiger partial charge in [0.05, 0.1) is 6.10 Å². The Balaban J connectivity index is 1.35. The third-order valence-corrected chi connectivity index (χ3v) is 15.1. The Kier molecular flexibility index (Phi) is 7.83. The summed E-state index contributed by atoms with van der Waals surface area (Å²) in [6, 6.07) is 8.45. The minimum atomic E-state index is -1.03. The molecule has 0 heterocycles. The lowest BCUT2D eigenvalue weighted by atomic mass is 9.33. The summed E-state index contributed by atoms with van der Waals surface area (Å²) in [6.07, 6.45) is 8.73. The quantitative estimate of drug-likeness (QED) is 0.315. The van der Waals surface area contributed by atoms with Crippen molar-refractivity contribution in [1.82, 2.24) is 5.32 Å². The SMILES string of the molecule is C[C@H]1C[C@@]2(C)CC[C@](C)(C(=O)N[C@H](Cc3ccccc3)C(=O)O)C[C@@]2(C)C2=CC(=O)[C@H]3[C@@]4(C)CC[C@H](O)C(C)(C)[C@H]4CC[C@@]3(C)[C@@H]21. The maximum Gasteiger partial charge on any atom is 0.326 e. The van der Waals surface area contributed by atoms with Crippen LogP contribution in [0.5, 0.6) is 0 Å². The predicted octanol–water partition coefficient (Wildman–Crippen LogP) is 7.39. The Morgan fingerprint density at radius 3 is 2.24 bits per heavy atom. The molecule has 0 radical (unpaired) electrons. The van der Waals surface area contributed by atoms with Crippen molar-refractivity contribution in [1.29, 1.82) is 0 Å². The summed E-state index contributed by atoms with van der Waals surface area (Å²) in [6.45, 7) is 18.2. The fourth-order valence-electron chi connectivity index (χ4n) is 12.7. The largest absolute Gasteiger partial charge is 0.480 e. The number of aliphatic carboxylic acids is 1. The number of carboxylic acid groups (broad SMARTS) is 1. The molecule has 1 aromatic rings. The van der Waals surface area contributed by atoms with Crippen LogP contribution in [0.15, 0.2) is 42.0 Å². The number of carboxylic acids is 1. The van der Waals surface area contributed by atoms with Crippen molar-refractivity contribution in [3.05, 3.63) is 47.5 Å². The Morgan fingerprint density at radius 2 is 1.59 bits per heavy atom. The van der Waals surface area contributed by atoms with E-state index in [1.54, 1.807) is 0 Å². The summed E-state index contributed by atoms with van der Waals surface area (Å²) in [5.74, 6) is -0.110. The van der Waals surface area contributed by atoms with Gasteiger partial charge in [-0.05, 0) is 108 Å². The highest BCUT2D eigenvalue weighted by Gasteiger charge is 2.70. The van der Waals surface area contributed by atoms with Crippen LogP contribution in [0.2, 0.25) is 0 Å². The number of aliphatic hydroxyl groups excluding tert-OH is 1. The van der Waals surface area contributed by atoms with Gasteiger partial charge in [0.25, 0.3) is 0 Å². The van der Waals surface area contributed by atoms with Gasteiger partial charge >= 0.3 is 5.97 Å². The molecule has 3 N–H and O–H groups in total. The van der Waals surface area contributed by atoms with E-state index in [4.69, 9.17) is 0 Å². The number of carbonyl (C=O) groups excluding carboxylic acids is 2. The average molecular weight is 632 g/mol. The van der Waals surface area contributed by atoms with E-state index in [2.05, 4.69) is 53.8 Å². The van der Waals surface area contributed by atoms with Crippen molar-refractivity contribution >= 4 is 17.7 Å². The van der Waals surface area contributed by atoms with E-state index in [0.29, 0.717) is 24.7 Å². The lowest BCUT2D eigenvalue weighted by Crippen LogP contribution is -2.66. The standard InChI is InChI=1S/C40H57NO5/c1-24-22-37(5)19-18-36(4,34(46)41-27(33(44)45)20-25-12-10-9-11-13-25)23-40(37,8)26-21-28(42)32-38(6)17-15-30(43)35(2,3)29(38)14-16-39(32,7)31(24)26/h9-13,21,24,27,29-32,43H,14-20,22-23H2,1-8H3,(H,41,46)(H,44,45)/t24-,27+,29+,30-,31+,32-,36-,37+,38-,39-,40-/m0/s1. The number of amides is 1. The molecular formula is C40H57NO5. The van der Waals surface area contributed by atoms with Crippen LogP contribution in [0.25, 0.3) is 0 Å². The highest BCUT2D eigenvalue weighted by molar-refractivity contribution is 5.95. The number of aliphatic hydroxyl groups is 1. The third-order valence-electron chi connectivity index (χ3n) is 15.1. The van der Waals surface area contributed by atoms with Crippen molar-refractivity contribution in [3.8, 4) is 0 Å². The molecule has 0 bridgehead atoms. The second kappa shape index (κ2) is 10.8. The summed E-state index contributed by atoms with van der Waals surface area (Å²) in [5.41, 5.74) is 0.360. The van der Waals surface area contributed by atoms with Gasteiger partial charge in [0.1, 0.15) is 6.04 Å². The van der Waals surface area contributed by atoms with E-state index in [9.17, 15) is 24.6 Å². The van der Waals surface area contributed by atoms with Crippen LogP contribution < -0.4 is 5.32 Å². The van der Waals surface area contributed by atoms with E-state index < -0.39 is 17.4 Å². The zero-order valence-corrected chi connectivity index (χ0v) is 29.4. The van der Waals surface area contributed by atoms with Crippen LogP contribution in [0.3, 0.4) is 0 Å². The molecule has 0 spiro atoms. The van der Waals surface area contributed by atoms with E-state index in [0.717, 1.165) is 44.1 Å². The molecule has 1 aromatic carbocycles. The number of allylic oxidation sites excluding steroid dienone is 2. The Morgan fingerprint density at radius 1 is 0.935 bits per heavy atom. The van der Waals surface area contributed by atoms with Crippen LogP contribution in [0, 0.1) is 56.2 Å². The molecule has 0 unspecified atom stereocenters. The summed E-state index contributed by atoms with van der Waals surface area (Å²) < 4.78 is 0. The highest BCUT2D eigenvalue weighted by atomic mass is 16.4. The van der Waals surface area contributed by atoms with Gasteiger partial charge in [-0.2, -0.15) is 0 Å². The molecule has 252 valence electrons. The van der Waals surface area contributed by atoms with Crippen LogP contribution >= 0.6 is 0 Å². The van der Waals surface area contributed by atoms with E-state index in [1.165, 1.54) is 5.57 Å². The molecule has 11 atom stereocenters. The number of hydrogen-bond acceptors (Lipinski definition) is 4. The van der Waals surface area contributed by atoms with Crippen molar-refractivity contribution in [2.24, 2.45) is 56.2 Å². The summed E-state index contributed by atoms with van der Waals surface area (Å²) in [7, 11) is 0. The highest BCUT2D eigenvalue weighted by Crippen LogP contribution is 2.75. The lowest BCUT2D eigenvalue weighted by molar-refractivity contribution is -0.197. The Bertz CT molecular complexity index is 1450. The topological polar surface area (TPSA) is 104 Å². The number of carbonyl (C=O) groups is 3. The number of fused-ring (bicyclic) bond motifs is 7. The zero-order chi connectivity index (χ0) is 33.7. The van der Waals surface area contributed by atoms with Gasteiger partial charge in [-0.15, -0.1) is 0 Å². The number of rotatable bonds is 5. The summed E-state index contributed by atoms with van der Waals surface area (Å²) in [5, 5.41) is 24.0. The Labute approximate surface area is 276 Å². The van der Waals surface area contributed by atoms with Crippen LogP contribution in [0.1, 0.15) is 112 Å². The smallest absolute Gasteiger partial charge is 0.326 e. The monoisotopic (exact) mass is 631 g/mol. The molecular weight excluding hydrogens is 574 g/mol. The first-order valence-electron chi connectivity index (χ1n) is 17.8. The van der Waals surface area contributed by atoms with Crippen molar-refractivity contribution in [2.45, 2.75) is 125 Å². The molecule has 6 rings (SSSR count). The van der Waals surface area contributed by atoms with Gasteiger partial charge in [-0.25, -0.2) is 4.79 Å². The first-order valence-corrected chi connectivity index (χ1v) is 17.8. The minimum absolute atomic E-state index is 0.0632. The normalized spacial score (nSPS) is 45.2. The number of hydrogen-bond donors (Lipinski definition) is 3. The molecule has 1 amide bonds. The molecule has 4 saturated carbocycles. The minimum Gasteiger partial charge on any atom is -0.480 e. The molecule has 5 aliphatic rings. The van der Waals surface area contributed by atoms with Crippen LogP contribution in [-0.2, 0) is 20.8 Å². The molecule has 6 heteroatoms. The number of benzene rings is 1. The predicted molar refractivity (Wildman–Crippen MR) is 180 cm³/mol. The molecule has 0 aromatic heterocycles. The van der Waals surface area contributed by atoms with E-state index in [-0.39, 0.29) is 63.1 Å². The van der Waals surface area contributed by atoms with Gasteiger partial charge in [-0.3, -0.25) is 9.59 Å². The van der Waals surface area contributed by atoms with Crippen molar-refractivity contribution in [3.63, 3.8) is 0 Å². The molecule has 6 nitrogen and oxygen atoms in total.